The minimum Gasteiger partial charge on any atom is -0.612 e. The van der Waals surface area contributed by atoms with Gasteiger partial charge in [0.1, 0.15) is 23.5 Å². The van der Waals surface area contributed by atoms with Gasteiger partial charge in [-0.15, -0.1) is 0 Å². The highest BCUT2D eigenvalue weighted by atomic mass is 32.2. The number of ketones is 1. The molecule has 3 N–H and O–H groups in total. The standard InChI is InChI=1S/C31H31NO5S/c1-38(36)25-11-14-27(29(34)19-25)28-12-7-21-18-23(33)8-13-26(21)30(28)31(35)20-5-9-24(10-6-20)37-17-15-22-4-2-3-16-32-22/h5-14,18-19,22,32-34H,2-4,15-17H2,1H3. The van der Waals surface area contributed by atoms with Crippen LogP contribution in [0, 0.1) is 0 Å². The summed E-state index contributed by atoms with van der Waals surface area (Å²) in [6.07, 6.45) is 6.16. The van der Waals surface area contributed by atoms with Crippen LogP contribution in [0.4, 0.5) is 0 Å². The molecule has 38 heavy (non-hydrogen) atoms. The van der Waals surface area contributed by atoms with E-state index in [-0.39, 0.29) is 17.3 Å². The molecule has 0 saturated carbocycles. The molecule has 0 aromatic heterocycles. The monoisotopic (exact) mass is 529 g/mol. The molecule has 2 unspecified atom stereocenters. The van der Waals surface area contributed by atoms with E-state index in [0.29, 0.717) is 56.3 Å². The fourth-order valence-corrected chi connectivity index (χ4v) is 5.58. The summed E-state index contributed by atoms with van der Waals surface area (Å²) in [5.41, 5.74) is 1.92. The molecule has 4 aromatic carbocycles. The third-order valence-corrected chi connectivity index (χ3v) is 8.00. The maximum absolute atomic E-state index is 13.9. The summed E-state index contributed by atoms with van der Waals surface area (Å²) >= 11 is -1.25. The molecule has 5 rings (SSSR count). The number of hydrogen-bond acceptors (Lipinski definition) is 6. The number of rotatable bonds is 8. The first-order valence-electron chi connectivity index (χ1n) is 12.8. The number of phenolic OH excluding ortho intramolecular Hbond substituents is 2. The number of nitrogens with one attached hydrogen (secondary N) is 1. The van der Waals surface area contributed by atoms with Crippen molar-refractivity contribution in [2.45, 2.75) is 36.6 Å². The van der Waals surface area contributed by atoms with Crippen LogP contribution in [0.5, 0.6) is 17.2 Å². The van der Waals surface area contributed by atoms with Gasteiger partial charge in [-0.2, -0.15) is 0 Å². The van der Waals surface area contributed by atoms with E-state index in [2.05, 4.69) is 5.32 Å². The Morgan fingerprint density at radius 3 is 2.50 bits per heavy atom. The lowest BCUT2D eigenvalue weighted by atomic mass is 9.89. The minimum absolute atomic E-state index is 0.0546. The van der Waals surface area contributed by atoms with Crippen molar-refractivity contribution in [2.24, 2.45) is 0 Å². The zero-order valence-electron chi connectivity index (χ0n) is 21.3. The SMILES string of the molecule is C[S+]([O-])c1ccc(-c2ccc3cc(O)ccc3c2C(=O)c2ccc(OCCC3CCCCN3)cc2)c(O)c1. The van der Waals surface area contributed by atoms with Crippen LogP contribution in [-0.4, -0.2) is 46.0 Å². The summed E-state index contributed by atoms with van der Waals surface area (Å²) < 4.78 is 17.8. The van der Waals surface area contributed by atoms with Gasteiger partial charge in [0.05, 0.1) is 6.61 Å². The molecule has 0 spiro atoms. The molecule has 196 valence electrons. The molecule has 0 bridgehead atoms. The Hall–Kier alpha value is -3.52. The van der Waals surface area contributed by atoms with Crippen LogP contribution in [0.2, 0.25) is 0 Å². The van der Waals surface area contributed by atoms with Crippen LogP contribution in [0.15, 0.2) is 77.7 Å². The van der Waals surface area contributed by atoms with Gasteiger partial charge in [0.2, 0.25) is 0 Å². The van der Waals surface area contributed by atoms with Gasteiger partial charge in [-0.3, -0.25) is 4.79 Å². The number of hydrogen-bond donors (Lipinski definition) is 3. The normalized spacial score (nSPS) is 16.3. The molecule has 0 radical (unpaired) electrons. The van der Waals surface area contributed by atoms with Gasteiger partial charge in [-0.05, 0) is 108 Å². The van der Waals surface area contributed by atoms with Crippen LogP contribution in [0.1, 0.15) is 41.6 Å². The molecule has 1 heterocycles. The average molecular weight is 530 g/mol. The molecular formula is C31H31NO5S. The largest absolute Gasteiger partial charge is 0.612 e. The van der Waals surface area contributed by atoms with Gasteiger partial charge >= 0.3 is 0 Å². The minimum atomic E-state index is -1.25. The Bertz CT molecular complexity index is 1450. The van der Waals surface area contributed by atoms with Gasteiger partial charge < -0.3 is 24.8 Å². The Morgan fingerprint density at radius 1 is 1.00 bits per heavy atom. The summed E-state index contributed by atoms with van der Waals surface area (Å²) in [6.45, 7) is 1.68. The topological polar surface area (TPSA) is 102 Å². The molecule has 2 atom stereocenters. The van der Waals surface area contributed by atoms with Crippen LogP contribution >= 0.6 is 0 Å². The van der Waals surface area contributed by atoms with Crippen molar-refractivity contribution in [1.29, 1.82) is 0 Å². The molecule has 7 heteroatoms. The number of fused-ring (bicyclic) bond motifs is 1. The summed E-state index contributed by atoms with van der Waals surface area (Å²) in [7, 11) is 0. The number of aromatic hydroxyl groups is 2. The first kappa shape index (κ1) is 26.1. The van der Waals surface area contributed by atoms with E-state index in [1.54, 1.807) is 66.9 Å². The third kappa shape index (κ3) is 5.65. The zero-order chi connectivity index (χ0) is 26.6. The zero-order valence-corrected chi connectivity index (χ0v) is 22.1. The number of ether oxygens (including phenoxy) is 1. The summed E-state index contributed by atoms with van der Waals surface area (Å²) in [5, 5.41) is 25.7. The Kier molecular flexibility index (Phi) is 7.88. The molecule has 1 fully saturated rings. The summed E-state index contributed by atoms with van der Waals surface area (Å²) in [4.78, 5) is 14.4. The number of carbonyl (C=O) groups is 1. The van der Waals surface area contributed by atoms with Crippen molar-refractivity contribution in [3.63, 3.8) is 0 Å². The van der Waals surface area contributed by atoms with E-state index < -0.39 is 11.2 Å². The second-order valence-electron chi connectivity index (χ2n) is 9.66. The Morgan fingerprint density at radius 2 is 1.79 bits per heavy atom. The molecule has 1 saturated heterocycles. The maximum atomic E-state index is 13.9. The molecule has 1 aliphatic heterocycles. The Labute approximate surface area is 225 Å². The van der Waals surface area contributed by atoms with Gasteiger partial charge in [0, 0.05) is 28.8 Å². The lowest BCUT2D eigenvalue weighted by Crippen LogP contribution is -2.35. The summed E-state index contributed by atoms with van der Waals surface area (Å²) in [6, 6.07) is 20.9. The lowest BCUT2D eigenvalue weighted by molar-refractivity contribution is 0.104. The van der Waals surface area contributed by atoms with Crippen LogP contribution < -0.4 is 10.1 Å². The highest BCUT2D eigenvalue weighted by molar-refractivity contribution is 7.90. The molecule has 6 nitrogen and oxygen atoms in total. The van der Waals surface area contributed by atoms with E-state index in [1.807, 2.05) is 6.07 Å². The second-order valence-corrected chi connectivity index (χ2v) is 11.0. The fraction of sp³-hybridized carbons (Fsp3) is 0.258. The predicted octanol–water partition coefficient (Wildman–Crippen LogP) is 5.80. The number of benzene rings is 4. The van der Waals surface area contributed by atoms with Crippen LogP contribution in [-0.2, 0) is 11.2 Å². The van der Waals surface area contributed by atoms with Crippen molar-refractivity contribution >= 4 is 27.7 Å². The van der Waals surface area contributed by atoms with Crippen molar-refractivity contribution < 1.29 is 24.3 Å². The molecule has 0 aliphatic carbocycles. The first-order valence-corrected chi connectivity index (χ1v) is 14.4. The van der Waals surface area contributed by atoms with Crippen LogP contribution in [0.3, 0.4) is 0 Å². The first-order chi connectivity index (χ1) is 18.4. The third-order valence-electron chi connectivity index (χ3n) is 7.09. The van der Waals surface area contributed by atoms with Crippen LogP contribution in [0.25, 0.3) is 21.9 Å². The number of carbonyl (C=O) groups excluding carboxylic acids is 1. The highest BCUT2D eigenvalue weighted by Crippen LogP contribution is 2.38. The quantitative estimate of drug-likeness (QED) is 0.197. The second kappa shape index (κ2) is 11.5. The van der Waals surface area contributed by atoms with Crippen molar-refractivity contribution in [1.82, 2.24) is 5.32 Å². The lowest BCUT2D eigenvalue weighted by Gasteiger charge is -2.23. The van der Waals surface area contributed by atoms with Crippen molar-refractivity contribution in [3.8, 4) is 28.4 Å². The smallest absolute Gasteiger partial charge is 0.194 e. The van der Waals surface area contributed by atoms with Gasteiger partial charge in [0.25, 0.3) is 0 Å². The van der Waals surface area contributed by atoms with E-state index in [0.717, 1.165) is 13.0 Å². The van der Waals surface area contributed by atoms with E-state index >= 15 is 0 Å². The van der Waals surface area contributed by atoms with Gasteiger partial charge in [-0.1, -0.05) is 18.6 Å². The fourth-order valence-electron chi connectivity index (χ4n) is 5.04. The molecular weight excluding hydrogens is 498 g/mol. The molecule has 1 aliphatic rings. The molecule has 4 aromatic rings. The number of piperidine rings is 1. The van der Waals surface area contributed by atoms with E-state index in [9.17, 15) is 19.6 Å². The predicted molar refractivity (Wildman–Crippen MR) is 151 cm³/mol. The Balaban J connectivity index is 1.45. The summed E-state index contributed by atoms with van der Waals surface area (Å²) in [5.74, 6) is 0.547. The van der Waals surface area contributed by atoms with E-state index in [4.69, 9.17) is 4.74 Å². The molecule has 0 amide bonds. The van der Waals surface area contributed by atoms with Crippen molar-refractivity contribution in [2.75, 3.05) is 19.4 Å². The highest BCUT2D eigenvalue weighted by Gasteiger charge is 2.22. The van der Waals surface area contributed by atoms with Gasteiger partial charge in [-0.25, -0.2) is 0 Å². The van der Waals surface area contributed by atoms with Gasteiger partial charge in [0.15, 0.2) is 10.7 Å². The van der Waals surface area contributed by atoms with Crippen molar-refractivity contribution in [3.05, 3.63) is 83.9 Å². The average Bonchev–Trinajstić information content (AvgIpc) is 2.93. The van der Waals surface area contributed by atoms with E-state index in [1.165, 1.54) is 25.3 Å². The maximum Gasteiger partial charge on any atom is 0.194 e. The number of phenols is 2.